The summed E-state index contributed by atoms with van der Waals surface area (Å²) in [5.74, 6) is -0.0495. The van der Waals surface area contributed by atoms with Crippen LogP contribution in [0.15, 0.2) is 119 Å². The van der Waals surface area contributed by atoms with Gasteiger partial charge in [0.25, 0.3) is 5.91 Å². The Morgan fingerprint density at radius 1 is 0.875 bits per heavy atom. The number of carbonyl (C=O) groups is 2. The van der Waals surface area contributed by atoms with E-state index < -0.39 is 21.9 Å². The number of nitrogens with two attached hydrogens (primary N) is 1. The molecule has 10 heteroatoms. The van der Waals surface area contributed by atoms with Gasteiger partial charge in [0.15, 0.2) is 11.5 Å². The minimum absolute atomic E-state index is 0.0722. The molecular weight excluding hydrogens is 530 g/mol. The van der Waals surface area contributed by atoms with Crippen molar-refractivity contribution in [3.05, 3.63) is 126 Å². The molecule has 40 heavy (non-hydrogen) atoms. The van der Waals surface area contributed by atoms with Crippen LogP contribution < -0.4 is 19.5 Å². The lowest BCUT2D eigenvalue weighted by Gasteiger charge is -2.18. The van der Waals surface area contributed by atoms with Crippen molar-refractivity contribution in [1.29, 1.82) is 0 Å². The molecular formula is C30H23N3O6S. The highest BCUT2D eigenvalue weighted by Crippen LogP contribution is 2.32. The number of benzene rings is 4. The van der Waals surface area contributed by atoms with Gasteiger partial charge in [-0.2, -0.15) is 0 Å². The van der Waals surface area contributed by atoms with Gasteiger partial charge < -0.3 is 9.47 Å². The van der Waals surface area contributed by atoms with Gasteiger partial charge >= 0.3 is 5.97 Å². The number of primary sulfonamides is 1. The van der Waals surface area contributed by atoms with E-state index in [4.69, 9.17) is 14.6 Å². The smallest absolute Gasteiger partial charge is 0.343 e. The number of esters is 1. The highest BCUT2D eigenvalue weighted by atomic mass is 32.2. The quantitative estimate of drug-likeness (QED) is 0.205. The number of amides is 1. The number of aliphatic imine (C=N–C) groups is 1. The molecule has 0 unspecified atom stereocenters. The Morgan fingerprint density at radius 3 is 2.15 bits per heavy atom. The predicted octanol–water partition coefficient (Wildman–Crippen LogP) is 4.40. The van der Waals surface area contributed by atoms with Crippen molar-refractivity contribution in [1.82, 2.24) is 0 Å². The molecule has 200 valence electrons. The maximum absolute atomic E-state index is 13.6. The van der Waals surface area contributed by atoms with E-state index in [0.717, 1.165) is 0 Å². The zero-order chi connectivity index (χ0) is 28.3. The first-order chi connectivity index (χ1) is 19.2. The van der Waals surface area contributed by atoms with Crippen molar-refractivity contribution < 1.29 is 27.5 Å². The minimum Gasteiger partial charge on any atom is -0.493 e. The molecule has 0 atom stereocenters. The summed E-state index contributed by atoms with van der Waals surface area (Å²) in [6, 6.07) is 28.3. The minimum atomic E-state index is -3.90. The highest BCUT2D eigenvalue weighted by Gasteiger charge is 2.32. The fraction of sp³-hybridized carbons (Fsp3) is 0.0333. The highest BCUT2D eigenvalue weighted by molar-refractivity contribution is 7.89. The van der Waals surface area contributed by atoms with Gasteiger partial charge in [-0.25, -0.2) is 23.3 Å². The van der Waals surface area contributed by atoms with Crippen molar-refractivity contribution in [2.45, 2.75) is 4.90 Å². The van der Waals surface area contributed by atoms with Crippen LogP contribution in [-0.4, -0.2) is 33.2 Å². The summed E-state index contributed by atoms with van der Waals surface area (Å²) >= 11 is 0. The van der Waals surface area contributed by atoms with Crippen LogP contribution >= 0.6 is 0 Å². The average Bonchev–Trinajstić information content (AvgIpc) is 3.29. The van der Waals surface area contributed by atoms with Crippen LogP contribution in [0.3, 0.4) is 0 Å². The molecule has 0 fully saturated rings. The number of hydrogen-bond donors (Lipinski definition) is 1. The van der Waals surface area contributed by atoms with Gasteiger partial charge in [-0.05, 0) is 60.2 Å². The van der Waals surface area contributed by atoms with Crippen molar-refractivity contribution >= 4 is 39.5 Å². The van der Waals surface area contributed by atoms with Crippen LogP contribution in [0.2, 0.25) is 0 Å². The van der Waals surface area contributed by atoms with E-state index in [-0.39, 0.29) is 16.3 Å². The molecule has 0 saturated heterocycles. The third-order valence-electron chi connectivity index (χ3n) is 6.02. The maximum Gasteiger partial charge on any atom is 0.343 e. The van der Waals surface area contributed by atoms with Gasteiger partial charge in [0.05, 0.1) is 23.3 Å². The van der Waals surface area contributed by atoms with Gasteiger partial charge in [-0.15, -0.1) is 0 Å². The molecule has 5 rings (SSSR count). The first-order valence-electron chi connectivity index (χ1n) is 12.0. The van der Waals surface area contributed by atoms with Crippen LogP contribution in [0.1, 0.15) is 21.5 Å². The summed E-state index contributed by atoms with van der Waals surface area (Å²) in [5, 5.41) is 5.23. The third kappa shape index (κ3) is 5.53. The summed E-state index contributed by atoms with van der Waals surface area (Å²) in [4.78, 5) is 32.1. The van der Waals surface area contributed by atoms with E-state index in [1.807, 2.05) is 30.3 Å². The van der Waals surface area contributed by atoms with E-state index >= 15 is 0 Å². The monoisotopic (exact) mass is 553 g/mol. The van der Waals surface area contributed by atoms with Gasteiger partial charge in [0, 0.05) is 5.56 Å². The summed E-state index contributed by atoms with van der Waals surface area (Å²) in [6.07, 6.45) is 1.59. The van der Waals surface area contributed by atoms with Crippen LogP contribution in [0, 0.1) is 0 Å². The lowest BCUT2D eigenvalue weighted by atomic mass is 10.1. The van der Waals surface area contributed by atoms with Gasteiger partial charge in [-0.3, -0.25) is 9.69 Å². The number of ether oxygens (including phenoxy) is 2. The van der Waals surface area contributed by atoms with E-state index in [9.17, 15) is 18.0 Å². The SMILES string of the molecule is COc1cc(/C=C2\N=C(c3ccccc3)N(c3ccc(S(N)(=O)=O)cc3)C2=O)ccc1OC(=O)c1ccccc1. The topological polar surface area (TPSA) is 128 Å². The average molecular weight is 554 g/mol. The van der Waals surface area contributed by atoms with Gasteiger partial charge in [0.2, 0.25) is 10.0 Å². The summed E-state index contributed by atoms with van der Waals surface area (Å²) < 4.78 is 34.4. The maximum atomic E-state index is 13.6. The fourth-order valence-electron chi connectivity index (χ4n) is 4.07. The molecule has 4 aromatic rings. The molecule has 0 bridgehead atoms. The predicted molar refractivity (Wildman–Crippen MR) is 151 cm³/mol. The normalized spacial score (nSPS) is 14.2. The Hall–Kier alpha value is -5.06. The molecule has 1 aliphatic heterocycles. The Morgan fingerprint density at radius 2 is 1.52 bits per heavy atom. The molecule has 4 aromatic carbocycles. The number of carbonyl (C=O) groups excluding carboxylic acids is 2. The number of amidine groups is 1. The van der Waals surface area contributed by atoms with Crippen molar-refractivity contribution in [2.24, 2.45) is 10.1 Å². The molecule has 0 saturated carbocycles. The van der Waals surface area contributed by atoms with Crippen LogP contribution in [0.5, 0.6) is 11.5 Å². The number of sulfonamides is 1. The standard InChI is InChI=1S/C30H23N3O6S/c1-38-27-19-20(12-17-26(27)39-30(35)22-10-6-3-7-11-22)18-25-29(34)33(28(32-25)21-8-4-2-5-9-21)23-13-15-24(16-14-23)40(31,36)37/h2-19H,1H3,(H2,31,36,37)/b25-18-. The lowest BCUT2D eigenvalue weighted by molar-refractivity contribution is -0.113. The summed E-state index contributed by atoms with van der Waals surface area (Å²) in [6.45, 7) is 0. The van der Waals surface area contributed by atoms with E-state index in [2.05, 4.69) is 4.99 Å². The van der Waals surface area contributed by atoms with Crippen LogP contribution in [0.25, 0.3) is 6.08 Å². The number of rotatable bonds is 7. The second kappa shape index (κ2) is 11.0. The molecule has 0 spiro atoms. The Bertz CT molecular complexity index is 1750. The Balaban J connectivity index is 1.49. The van der Waals surface area contributed by atoms with E-state index in [1.165, 1.54) is 36.3 Å². The summed E-state index contributed by atoms with van der Waals surface area (Å²) in [5.41, 5.74) is 2.24. The zero-order valence-corrected chi connectivity index (χ0v) is 22.0. The first kappa shape index (κ1) is 26.5. The molecule has 2 N–H and O–H groups in total. The lowest BCUT2D eigenvalue weighted by Crippen LogP contribution is -2.32. The van der Waals surface area contributed by atoms with Crippen molar-refractivity contribution in [2.75, 3.05) is 12.0 Å². The van der Waals surface area contributed by atoms with E-state index in [1.54, 1.807) is 54.6 Å². The molecule has 0 aromatic heterocycles. The zero-order valence-electron chi connectivity index (χ0n) is 21.2. The molecule has 1 aliphatic rings. The molecule has 1 amide bonds. The summed E-state index contributed by atoms with van der Waals surface area (Å²) in [7, 11) is -2.45. The largest absolute Gasteiger partial charge is 0.493 e. The number of hydrogen-bond acceptors (Lipinski definition) is 7. The second-order valence-corrected chi connectivity index (χ2v) is 10.2. The molecule has 1 heterocycles. The van der Waals surface area contributed by atoms with Crippen LogP contribution in [-0.2, 0) is 14.8 Å². The first-order valence-corrected chi connectivity index (χ1v) is 13.6. The van der Waals surface area contributed by atoms with Gasteiger partial charge in [-0.1, -0.05) is 54.6 Å². The second-order valence-electron chi connectivity index (χ2n) is 8.68. The van der Waals surface area contributed by atoms with Crippen molar-refractivity contribution in [3.63, 3.8) is 0 Å². The number of methoxy groups -OCH3 is 1. The molecule has 9 nitrogen and oxygen atoms in total. The number of nitrogens with zero attached hydrogens (tertiary/aromatic N) is 2. The Labute approximate surface area is 230 Å². The molecule has 0 radical (unpaired) electrons. The fourth-order valence-corrected chi connectivity index (χ4v) is 4.59. The third-order valence-corrected chi connectivity index (χ3v) is 6.95. The van der Waals surface area contributed by atoms with Gasteiger partial charge in [0.1, 0.15) is 11.5 Å². The van der Waals surface area contributed by atoms with Crippen molar-refractivity contribution in [3.8, 4) is 11.5 Å². The van der Waals surface area contributed by atoms with E-state index in [0.29, 0.717) is 34.0 Å². The molecule has 0 aliphatic carbocycles. The number of anilines is 1. The van der Waals surface area contributed by atoms with Crippen LogP contribution in [0.4, 0.5) is 5.69 Å². The Kier molecular flexibility index (Phi) is 7.28.